The van der Waals surface area contributed by atoms with Crippen molar-refractivity contribution in [2.45, 2.75) is 97.0 Å². The zero-order chi connectivity index (χ0) is 27.8. The number of aliphatic hydroxyl groups is 1. The number of fused-ring (bicyclic) bond motifs is 1. The highest BCUT2D eigenvalue weighted by molar-refractivity contribution is 7.99. The van der Waals surface area contributed by atoms with E-state index in [4.69, 9.17) is 16.3 Å². The molecule has 0 saturated heterocycles. The Morgan fingerprint density at radius 3 is 2.68 bits per heavy atom. The number of halogens is 1. The quantitative estimate of drug-likeness (QED) is 0.339. The van der Waals surface area contributed by atoms with Crippen molar-refractivity contribution in [3.8, 4) is 5.75 Å². The summed E-state index contributed by atoms with van der Waals surface area (Å²) in [5.74, 6) is 5.12. The van der Waals surface area contributed by atoms with E-state index in [1.807, 2.05) is 23.9 Å². The van der Waals surface area contributed by atoms with Gasteiger partial charge in [-0.3, -0.25) is 0 Å². The third-order valence-electron chi connectivity index (χ3n) is 9.97. The number of methoxy groups -OCH3 is 1. The molecule has 3 aliphatic carbocycles. The molecule has 210 valence electrons. The van der Waals surface area contributed by atoms with E-state index < -0.39 is 5.60 Å². The van der Waals surface area contributed by atoms with E-state index in [1.165, 1.54) is 56.1 Å². The third-order valence-corrected chi connectivity index (χ3v) is 11.7. The van der Waals surface area contributed by atoms with Gasteiger partial charge in [-0.2, -0.15) is 0 Å². The second-order valence-electron chi connectivity index (χ2n) is 13.3. The first-order valence-corrected chi connectivity index (χ1v) is 16.0. The van der Waals surface area contributed by atoms with Crippen molar-refractivity contribution in [3.63, 3.8) is 0 Å². The Morgan fingerprint density at radius 2 is 2.00 bits per heavy atom. The minimum absolute atomic E-state index is 0.374. The van der Waals surface area contributed by atoms with E-state index in [0.717, 1.165) is 28.0 Å². The van der Waals surface area contributed by atoms with Crippen LogP contribution in [0.1, 0.15) is 92.1 Å². The Balaban J connectivity index is 1.47. The zero-order valence-corrected chi connectivity index (χ0v) is 26.3. The Kier molecular flexibility index (Phi) is 9.22. The molecule has 0 heterocycles. The van der Waals surface area contributed by atoms with Crippen molar-refractivity contribution < 1.29 is 9.84 Å². The third kappa shape index (κ3) is 6.11. The average molecular weight is 557 g/mol. The smallest absolute Gasteiger partial charge is 0.126 e. The summed E-state index contributed by atoms with van der Waals surface area (Å²) < 4.78 is 5.61. The lowest BCUT2D eigenvalue weighted by molar-refractivity contribution is 0.0756. The first-order chi connectivity index (χ1) is 17.8. The number of benzene rings is 1. The van der Waals surface area contributed by atoms with Crippen molar-refractivity contribution >= 4 is 23.4 Å². The molecule has 1 aromatic carbocycles. The first-order valence-electron chi connectivity index (χ1n) is 14.7. The fourth-order valence-corrected chi connectivity index (χ4v) is 9.27. The molecule has 1 N–H and O–H groups in total. The second kappa shape index (κ2) is 11.8. The highest BCUT2D eigenvalue weighted by Gasteiger charge is 2.50. The number of ether oxygens (including phenoxy) is 1. The maximum absolute atomic E-state index is 10.5. The van der Waals surface area contributed by atoms with Gasteiger partial charge in [-0.25, -0.2) is 0 Å². The van der Waals surface area contributed by atoms with Gasteiger partial charge in [0, 0.05) is 16.2 Å². The number of hydrogen-bond acceptors (Lipinski definition) is 3. The summed E-state index contributed by atoms with van der Waals surface area (Å²) in [6.07, 6.45) is 13.9. The topological polar surface area (TPSA) is 29.5 Å². The van der Waals surface area contributed by atoms with Gasteiger partial charge < -0.3 is 9.84 Å². The van der Waals surface area contributed by atoms with Crippen LogP contribution in [0.25, 0.3) is 0 Å². The Hall–Kier alpha value is -1.16. The predicted octanol–water partition coefficient (Wildman–Crippen LogP) is 10.00. The maximum atomic E-state index is 10.5. The molecule has 4 heteroatoms. The van der Waals surface area contributed by atoms with Gasteiger partial charge in [0.15, 0.2) is 0 Å². The van der Waals surface area contributed by atoms with Gasteiger partial charge in [0.1, 0.15) is 5.75 Å². The van der Waals surface area contributed by atoms with Crippen molar-refractivity contribution in [2.75, 3.05) is 12.9 Å². The Labute approximate surface area is 241 Å². The SMILES string of the molecule is C=C1/C(=C\C=C2/CCC[C@@]3(C)C2CCC3[C@@H](C)CSc2cc(OC)c(C(C)(C)O)cc2Cl)C[C@@H](C)C[C@@H]1C. The molecule has 3 fully saturated rings. The van der Waals surface area contributed by atoms with Crippen LogP contribution < -0.4 is 4.74 Å². The molecule has 0 bridgehead atoms. The molecule has 0 aliphatic heterocycles. The van der Waals surface area contributed by atoms with Crippen LogP contribution in [0.5, 0.6) is 5.75 Å². The van der Waals surface area contributed by atoms with Crippen LogP contribution in [0, 0.1) is 35.0 Å². The minimum Gasteiger partial charge on any atom is -0.496 e. The van der Waals surface area contributed by atoms with Crippen molar-refractivity contribution in [1.29, 1.82) is 0 Å². The number of allylic oxidation sites excluding steroid dienone is 5. The number of hydrogen-bond donors (Lipinski definition) is 1. The van der Waals surface area contributed by atoms with Gasteiger partial charge in [0.25, 0.3) is 0 Å². The lowest BCUT2D eigenvalue weighted by atomic mass is 9.61. The molecule has 3 saturated carbocycles. The summed E-state index contributed by atoms with van der Waals surface area (Å²) in [5.41, 5.74) is 4.63. The van der Waals surface area contributed by atoms with E-state index in [1.54, 1.807) is 26.5 Å². The van der Waals surface area contributed by atoms with Crippen LogP contribution in [0.15, 0.2) is 52.5 Å². The lowest BCUT2D eigenvalue weighted by Gasteiger charge is -2.44. The normalized spacial score (nSPS) is 33.0. The van der Waals surface area contributed by atoms with Gasteiger partial charge in [0.2, 0.25) is 0 Å². The fraction of sp³-hybridized carbons (Fsp3) is 0.647. The standard InChI is InChI=1S/C34H49ClO2S/c1-21-16-22(2)24(4)26(17-21)12-11-25-10-9-15-34(7)27(13-14-28(25)34)23(3)20-38-32-19-31(37-8)29(18-30(32)35)33(5,6)36/h11-12,18-19,21-23,27-28,36H,4,9-10,13-17,20H2,1-3,5-8H3/b25-11+,26-12-/t21-,22-,23-,27?,28?,34+/m0/s1. The average Bonchev–Trinajstić information content (AvgIpc) is 3.21. The summed E-state index contributed by atoms with van der Waals surface area (Å²) in [6, 6.07) is 3.87. The van der Waals surface area contributed by atoms with E-state index in [2.05, 4.69) is 46.4 Å². The van der Waals surface area contributed by atoms with Crippen LogP contribution in [0.4, 0.5) is 0 Å². The highest BCUT2D eigenvalue weighted by atomic mass is 35.5. The minimum atomic E-state index is -0.998. The number of thioether (sulfide) groups is 1. The molecule has 0 spiro atoms. The van der Waals surface area contributed by atoms with Gasteiger partial charge in [-0.15, -0.1) is 11.8 Å². The molecule has 6 atom stereocenters. The Morgan fingerprint density at radius 1 is 1.26 bits per heavy atom. The lowest BCUT2D eigenvalue weighted by Crippen LogP contribution is -2.36. The van der Waals surface area contributed by atoms with E-state index in [9.17, 15) is 5.11 Å². The van der Waals surface area contributed by atoms with Gasteiger partial charge in [0.05, 0.1) is 17.7 Å². The van der Waals surface area contributed by atoms with Crippen LogP contribution >= 0.6 is 23.4 Å². The van der Waals surface area contributed by atoms with Crippen molar-refractivity contribution in [3.05, 3.63) is 58.2 Å². The molecule has 1 aromatic rings. The van der Waals surface area contributed by atoms with Crippen LogP contribution in [-0.4, -0.2) is 18.0 Å². The number of rotatable bonds is 7. The fourth-order valence-electron chi connectivity index (χ4n) is 7.88. The van der Waals surface area contributed by atoms with Crippen molar-refractivity contribution in [2.24, 2.45) is 35.0 Å². The monoisotopic (exact) mass is 556 g/mol. The summed E-state index contributed by atoms with van der Waals surface area (Å²) in [4.78, 5) is 1.04. The van der Waals surface area contributed by atoms with Crippen LogP contribution in [0.2, 0.25) is 5.02 Å². The molecule has 0 radical (unpaired) electrons. The highest BCUT2D eigenvalue weighted by Crippen LogP contribution is 2.60. The molecule has 2 unspecified atom stereocenters. The van der Waals surface area contributed by atoms with Gasteiger partial charge in [-0.1, -0.05) is 63.6 Å². The summed E-state index contributed by atoms with van der Waals surface area (Å²) in [6.45, 7) is 17.7. The van der Waals surface area contributed by atoms with Crippen LogP contribution in [-0.2, 0) is 5.60 Å². The van der Waals surface area contributed by atoms with Gasteiger partial charge in [-0.05, 0) is 117 Å². The van der Waals surface area contributed by atoms with E-state index in [-0.39, 0.29) is 0 Å². The largest absolute Gasteiger partial charge is 0.496 e. The molecular formula is C34H49ClO2S. The molecule has 0 aromatic heterocycles. The summed E-state index contributed by atoms with van der Waals surface area (Å²) in [5, 5.41) is 11.2. The second-order valence-corrected chi connectivity index (χ2v) is 14.8. The van der Waals surface area contributed by atoms with E-state index in [0.29, 0.717) is 33.9 Å². The molecule has 38 heavy (non-hydrogen) atoms. The zero-order valence-electron chi connectivity index (χ0n) is 24.7. The summed E-state index contributed by atoms with van der Waals surface area (Å²) >= 11 is 8.52. The Bertz CT molecular complexity index is 1100. The summed E-state index contributed by atoms with van der Waals surface area (Å²) in [7, 11) is 1.66. The molecule has 3 aliphatic rings. The van der Waals surface area contributed by atoms with Crippen molar-refractivity contribution in [1.82, 2.24) is 0 Å². The molecule has 0 amide bonds. The molecule has 4 rings (SSSR count). The van der Waals surface area contributed by atoms with Gasteiger partial charge >= 0.3 is 0 Å². The maximum Gasteiger partial charge on any atom is 0.126 e. The predicted molar refractivity (Wildman–Crippen MR) is 164 cm³/mol. The van der Waals surface area contributed by atoms with Crippen LogP contribution in [0.3, 0.4) is 0 Å². The molecular weight excluding hydrogens is 508 g/mol. The van der Waals surface area contributed by atoms with E-state index >= 15 is 0 Å². The first kappa shape index (κ1) is 29.8. The molecule has 2 nitrogen and oxygen atoms in total.